The second-order valence-corrected chi connectivity index (χ2v) is 5.38. The lowest BCUT2D eigenvalue weighted by atomic mass is 10.1. The molecule has 1 nitrogen and oxygen atoms in total. The van der Waals surface area contributed by atoms with Gasteiger partial charge in [-0.05, 0) is 13.0 Å². The summed E-state index contributed by atoms with van der Waals surface area (Å²) in [4.78, 5) is 0. The third kappa shape index (κ3) is 25.0. The van der Waals surface area contributed by atoms with E-state index in [1.165, 1.54) is 83.5 Å². The zero-order valence-electron chi connectivity index (χ0n) is 13.5. The second kappa shape index (κ2) is 22.2. The van der Waals surface area contributed by atoms with Gasteiger partial charge in [0.2, 0.25) is 0 Å². The maximum atomic E-state index is 5.45. The summed E-state index contributed by atoms with van der Waals surface area (Å²) in [6, 6.07) is 0. The van der Waals surface area contributed by atoms with Gasteiger partial charge >= 0.3 is 0 Å². The predicted molar refractivity (Wildman–Crippen MR) is 88.2 cm³/mol. The quantitative estimate of drug-likeness (QED) is 0.408. The standard InChI is InChI=1S/C14H31N.C3H8.H2/c1-2-3-4-5-6-7-8-9-10-11-12-13-14-15;1-3-2;/h2-15H2,1H3;3H2,1-2H3;1H. The molecule has 114 valence electrons. The highest BCUT2D eigenvalue weighted by atomic mass is 14.5. The summed E-state index contributed by atoms with van der Waals surface area (Å²) in [6.07, 6.45) is 18.1. The highest BCUT2D eigenvalue weighted by Crippen LogP contribution is 2.11. The van der Waals surface area contributed by atoms with Crippen molar-refractivity contribution in [3.8, 4) is 0 Å². The highest BCUT2D eigenvalue weighted by molar-refractivity contribution is 4.48. The van der Waals surface area contributed by atoms with E-state index >= 15 is 0 Å². The van der Waals surface area contributed by atoms with Gasteiger partial charge in [0.25, 0.3) is 0 Å². The molecule has 0 rings (SSSR count). The SMILES string of the molecule is CCC.CCCCCCCCCCCCCCN.[HH]. The molecule has 0 heterocycles. The predicted octanol–water partition coefficient (Wildman–Crippen LogP) is 6.31. The van der Waals surface area contributed by atoms with Crippen molar-refractivity contribution in [3.05, 3.63) is 0 Å². The summed E-state index contributed by atoms with van der Waals surface area (Å²) < 4.78 is 0. The Balaban J connectivity index is -0.000000580. The number of hydrogen-bond acceptors (Lipinski definition) is 1. The molecule has 0 aliphatic carbocycles. The van der Waals surface area contributed by atoms with Gasteiger partial charge in [-0.25, -0.2) is 0 Å². The van der Waals surface area contributed by atoms with Gasteiger partial charge in [-0.1, -0.05) is 97.8 Å². The van der Waals surface area contributed by atoms with Crippen LogP contribution in [0.5, 0.6) is 0 Å². The zero-order chi connectivity index (χ0) is 13.9. The first-order chi connectivity index (χ1) is 8.83. The Morgan fingerprint density at radius 1 is 0.556 bits per heavy atom. The Labute approximate surface area is 118 Å². The maximum absolute atomic E-state index is 5.45. The van der Waals surface area contributed by atoms with Crippen LogP contribution in [0.1, 0.15) is 106 Å². The molecule has 0 unspecified atom stereocenters. The van der Waals surface area contributed by atoms with Crippen LogP contribution in [0.2, 0.25) is 0 Å². The van der Waals surface area contributed by atoms with Crippen molar-refractivity contribution >= 4 is 0 Å². The Hall–Kier alpha value is -0.0400. The molecule has 0 aromatic carbocycles. The molecule has 0 aromatic rings. The van der Waals surface area contributed by atoms with E-state index in [4.69, 9.17) is 5.73 Å². The fourth-order valence-electron chi connectivity index (χ4n) is 1.99. The van der Waals surface area contributed by atoms with E-state index in [-0.39, 0.29) is 1.43 Å². The first-order valence-electron chi connectivity index (χ1n) is 8.53. The number of hydrogen-bond donors (Lipinski definition) is 1. The first-order valence-corrected chi connectivity index (χ1v) is 8.53. The third-order valence-electron chi connectivity index (χ3n) is 3.06. The number of rotatable bonds is 12. The van der Waals surface area contributed by atoms with Gasteiger partial charge in [-0.3, -0.25) is 0 Å². The van der Waals surface area contributed by atoms with Gasteiger partial charge in [-0.15, -0.1) is 0 Å². The van der Waals surface area contributed by atoms with Crippen molar-refractivity contribution in [2.24, 2.45) is 5.73 Å². The van der Waals surface area contributed by atoms with Gasteiger partial charge in [0, 0.05) is 1.43 Å². The lowest BCUT2D eigenvalue weighted by Crippen LogP contribution is -1.97. The number of nitrogens with two attached hydrogens (primary N) is 1. The van der Waals surface area contributed by atoms with Crippen molar-refractivity contribution in [2.75, 3.05) is 6.54 Å². The van der Waals surface area contributed by atoms with Crippen LogP contribution in [0.25, 0.3) is 0 Å². The topological polar surface area (TPSA) is 26.0 Å². The summed E-state index contributed by atoms with van der Waals surface area (Å²) in [5.41, 5.74) is 5.45. The Morgan fingerprint density at radius 2 is 0.833 bits per heavy atom. The van der Waals surface area contributed by atoms with Crippen LogP contribution in [0.4, 0.5) is 0 Å². The molecule has 0 bridgehead atoms. The summed E-state index contributed by atoms with van der Waals surface area (Å²) in [5.74, 6) is 0. The highest BCUT2D eigenvalue weighted by Gasteiger charge is 1.92. The minimum absolute atomic E-state index is 0. The molecule has 0 radical (unpaired) electrons. The van der Waals surface area contributed by atoms with Crippen LogP contribution in [0, 0.1) is 0 Å². The molecule has 0 amide bonds. The van der Waals surface area contributed by atoms with E-state index in [0.717, 1.165) is 6.54 Å². The van der Waals surface area contributed by atoms with Crippen LogP contribution < -0.4 is 5.73 Å². The molecule has 0 aromatic heterocycles. The van der Waals surface area contributed by atoms with E-state index in [0.29, 0.717) is 0 Å². The average Bonchev–Trinajstić information content (AvgIpc) is 2.37. The summed E-state index contributed by atoms with van der Waals surface area (Å²) in [7, 11) is 0. The second-order valence-electron chi connectivity index (χ2n) is 5.38. The monoisotopic (exact) mass is 259 g/mol. The van der Waals surface area contributed by atoms with E-state index in [1.807, 2.05) is 0 Å². The van der Waals surface area contributed by atoms with Crippen LogP contribution in [0.15, 0.2) is 0 Å². The smallest absolute Gasteiger partial charge is 0 e. The Morgan fingerprint density at radius 3 is 1.11 bits per heavy atom. The largest absolute Gasteiger partial charge is 0.330 e. The molecule has 0 saturated carbocycles. The third-order valence-corrected chi connectivity index (χ3v) is 3.06. The fourth-order valence-corrected chi connectivity index (χ4v) is 1.99. The molecule has 2 N–H and O–H groups in total. The molecule has 0 atom stereocenters. The van der Waals surface area contributed by atoms with Crippen LogP contribution >= 0.6 is 0 Å². The lowest BCUT2D eigenvalue weighted by molar-refractivity contribution is 0.545. The molecule has 18 heavy (non-hydrogen) atoms. The van der Waals surface area contributed by atoms with E-state index in [9.17, 15) is 0 Å². The summed E-state index contributed by atoms with van der Waals surface area (Å²) >= 11 is 0. The van der Waals surface area contributed by atoms with Gasteiger partial charge in [0.05, 0.1) is 0 Å². The average molecular weight is 260 g/mol. The van der Waals surface area contributed by atoms with E-state index < -0.39 is 0 Å². The molecule has 0 fully saturated rings. The molecular weight excluding hydrogens is 218 g/mol. The minimum atomic E-state index is 0. The first kappa shape index (κ1) is 20.3. The Kier molecular flexibility index (Phi) is 25.0. The molecule has 0 spiro atoms. The van der Waals surface area contributed by atoms with Crippen molar-refractivity contribution in [3.63, 3.8) is 0 Å². The van der Waals surface area contributed by atoms with Gasteiger partial charge < -0.3 is 5.73 Å². The van der Waals surface area contributed by atoms with Crippen LogP contribution in [0.3, 0.4) is 0 Å². The summed E-state index contributed by atoms with van der Waals surface area (Å²) in [5, 5.41) is 0. The van der Waals surface area contributed by atoms with E-state index in [1.54, 1.807) is 0 Å². The fraction of sp³-hybridized carbons (Fsp3) is 1.00. The van der Waals surface area contributed by atoms with Crippen molar-refractivity contribution < 1.29 is 1.43 Å². The van der Waals surface area contributed by atoms with Gasteiger partial charge in [0.15, 0.2) is 0 Å². The van der Waals surface area contributed by atoms with Crippen LogP contribution in [-0.2, 0) is 0 Å². The Bertz CT molecular complexity index is 106. The zero-order valence-corrected chi connectivity index (χ0v) is 13.5. The maximum Gasteiger partial charge on any atom is 0 e. The summed E-state index contributed by atoms with van der Waals surface area (Å²) in [6.45, 7) is 7.40. The molecule has 1 heteroatoms. The molecule has 0 aliphatic heterocycles. The normalized spacial score (nSPS) is 10.0. The lowest BCUT2D eigenvalue weighted by Gasteiger charge is -2.01. The molecular formula is C17H41N. The van der Waals surface area contributed by atoms with Gasteiger partial charge in [0.1, 0.15) is 0 Å². The number of unbranched alkanes of at least 4 members (excludes halogenated alkanes) is 11. The molecule has 0 saturated heterocycles. The van der Waals surface area contributed by atoms with Crippen LogP contribution in [-0.4, -0.2) is 6.54 Å². The van der Waals surface area contributed by atoms with Crippen molar-refractivity contribution in [2.45, 2.75) is 104 Å². The van der Waals surface area contributed by atoms with Gasteiger partial charge in [-0.2, -0.15) is 0 Å². The minimum Gasteiger partial charge on any atom is -0.330 e. The van der Waals surface area contributed by atoms with Crippen molar-refractivity contribution in [1.29, 1.82) is 0 Å². The molecule has 0 aliphatic rings. The van der Waals surface area contributed by atoms with Crippen molar-refractivity contribution in [1.82, 2.24) is 0 Å². The van der Waals surface area contributed by atoms with E-state index in [2.05, 4.69) is 20.8 Å².